The standard InChI is InChI=1S/C21H21NO5/c1-13-20(21(24)26-4)17-11-16(9-10-18(17)22(13)2)27-12-19(23)14-5-7-15(25-3)8-6-14/h5-11H,12H2,1-4H3. The molecule has 3 rings (SSSR count). The number of Topliss-reactive ketones (excluding diaryl/α,β-unsaturated/α-hetero) is 1. The monoisotopic (exact) mass is 367 g/mol. The fraction of sp³-hybridized carbons (Fsp3) is 0.238. The number of rotatable bonds is 6. The molecule has 6 heteroatoms. The van der Waals surface area contributed by atoms with Crippen molar-refractivity contribution in [1.82, 2.24) is 4.57 Å². The van der Waals surface area contributed by atoms with Crippen LogP contribution in [0.2, 0.25) is 0 Å². The molecule has 0 amide bonds. The van der Waals surface area contributed by atoms with Gasteiger partial charge in [0, 0.05) is 29.2 Å². The van der Waals surface area contributed by atoms with E-state index in [4.69, 9.17) is 14.2 Å². The third-order valence-corrected chi connectivity index (χ3v) is 4.64. The zero-order valence-electron chi connectivity index (χ0n) is 15.7. The van der Waals surface area contributed by atoms with Crippen molar-refractivity contribution in [3.63, 3.8) is 0 Å². The number of fused-ring (bicyclic) bond motifs is 1. The molecular weight excluding hydrogens is 346 g/mol. The van der Waals surface area contributed by atoms with E-state index in [0.29, 0.717) is 22.6 Å². The molecule has 0 aliphatic rings. The van der Waals surface area contributed by atoms with Crippen LogP contribution in [0.5, 0.6) is 11.5 Å². The summed E-state index contributed by atoms with van der Waals surface area (Å²) in [6.07, 6.45) is 0. The van der Waals surface area contributed by atoms with Gasteiger partial charge in [0.05, 0.1) is 19.8 Å². The number of esters is 1. The van der Waals surface area contributed by atoms with Gasteiger partial charge >= 0.3 is 5.97 Å². The van der Waals surface area contributed by atoms with Crippen molar-refractivity contribution in [3.05, 3.63) is 59.3 Å². The lowest BCUT2D eigenvalue weighted by Crippen LogP contribution is -2.11. The predicted octanol–water partition coefficient (Wildman–Crippen LogP) is 3.54. The fourth-order valence-corrected chi connectivity index (χ4v) is 3.01. The van der Waals surface area contributed by atoms with Crippen molar-refractivity contribution in [1.29, 1.82) is 0 Å². The highest BCUT2D eigenvalue weighted by molar-refractivity contribution is 6.06. The lowest BCUT2D eigenvalue weighted by Gasteiger charge is -2.07. The highest BCUT2D eigenvalue weighted by Crippen LogP contribution is 2.29. The van der Waals surface area contributed by atoms with Crippen LogP contribution in [0.15, 0.2) is 42.5 Å². The molecule has 3 aromatic rings. The Balaban J connectivity index is 1.82. The third kappa shape index (κ3) is 3.51. The number of aromatic nitrogens is 1. The Hall–Kier alpha value is -3.28. The molecule has 1 heterocycles. The number of carbonyl (C=O) groups is 2. The van der Waals surface area contributed by atoms with Crippen LogP contribution in [0.25, 0.3) is 10.9 Å². The van der Waals surface area contributed by atoms with Crippen molar-refractivity contribution in [2.75, 3.05) is 20.8 Å². The van der Waals surface area contributed by atoms with Gasteiger partial charge in [-0.15, -0.1) is 0 Å². The molecule has 2 aromatic carbocycles. The topological polar surface area (TPSA) is 66.8 Å². The SMILES string of the molecule is COC(=O)c1c(C)n(C)c2ccc(OCC(=O)c3ccc(OC)cc3)cc12. The fourth-order valence-electron chi connectivity index (χ4n) is 3.01. The molecule has 0 aliphatic heterocycles. The number of nitrogens with zero attached hydrogens (tertiary/aromatic N) is 1. The van der Waals surface area contributed by atoms with Crippen molar-refractivity contribution in [2.24, 2.45) is 7.05 Å². The maximum atomic E-state index is 12.3. The molecule has 0 saturated carbocycles. The van der Waals surface area contributed by atoms with Crippen LogP contribution in [-0.2, 0) is 11.8 Å². The highest BCUT2D eigenvalue weighted by Gasteiger charge is 2.19. The molecule has 140 valence electrons. The second kappa shape index (κ2) is 7.53. The van der Waals surface area contributed by atoms with Gasteiger partial charge in [0.2, 0.25) is 0 Å². The summed E-state index contributed by atoms with van der Waals surface area (Å²) in [7, 11) is 4.82. The number of ketones is 1. The maximum Gasteiger partial charge on any atom is 0.340 e. The van der Waals surface area contributed by atoms with Crippen LogP contribution >= 0.6 is 0 Å². The van der Waals surface area contributed by atoms with E-state index in [2.05, 4.69) is 0 Å². The van der Waals surface area contributed by atoms with Crippen LogP contribution < -0.4 is 9.47 Å². The van der Waals surface area contributed by atoms with Crippen LogP contribution in [-0.4, -0.2) is 37.1 Å². The number of ether oxygens (including phenoxy) is 3. The molecule has 0 radical (unpaired) electrons. The van der Waals surface area contributed by atoms with Gasteiger partial charge in [0.1, 0.15) is 11.5 Å². The molecule has 0 unspecified atom stereocenters. The van der Waals surface area contributed by atoms with E-state index in [-0.39, 0.29) is 12.4 Å². The Kier molecular flexibility index (Phi) is 5.16. The summed E-state index contributed by atoms with van der Waals surface area (Å²) in [5, 5.41) is 0.733. The summed E-state index contributed by atoms with van der Waals surface area (Å²) in [5.74, 6) is 0.660. The summed E-state index contributed by atoms with van der Waals surface area (Å²) in [6.45, 7) is 1.76. The van der Waals surface area contributed by atoms with E-state index >= 15 is 0 Å². The lowest BCUT2D eigenvalue weighted by molar-refractivity contribution is 0.0601. The average molecular weight is 367 g/mol. The second-order valence-corrected chi connectivity index (χ2v) is 6.13. The van der Waals surface area contributed by atoms with Gasteiger partial charge in [0.15, 0.2) is 12.4 Å². The van der Waals surface area contributed by atoms with Crippen LogP contribution in [0.4, 0.5) is 0 Å². The van der Waals surface area contributed by atoms with Crippen molar-refractivity contribution >= 4 is 22.7 Å². The predicted molar refractivity (Wildman–Crippen MR) is 102 cm³/mol. The number of hydrogen-bond acceptors (Lipinski definition) is 5. The molecule has 0 saturated heterocycles. The van der Waals surface area contributed by atoms with Gasteiger partial charge in [-0.05, 0) is 49.4 Å². The Bertz CT molecular complexity index is 1000. The van der Waals surface area contributed by atoms with Crippen molar-refractivity contribution in [3.8, 4) is 11.5 Å². The van der Waals surface area contributed by atoms with Gasteiger partial charge in [-0.3, -0.25) is 4.79 Å². The molecule has 6 nitrogen and oxygen atoms in total. The largest absolute Gasteiger partial charge is 0.497 e. The first-order chi connectivity index (χ1) is 13.0. The van der Waals surface area contributed by atoms with Crippen LogP contribution in [0.1, 0.15) is 26.4 Å². The Morgan fingerprint density at radius 1 is 1.00 bits per heavy atom. The van der Waals surface area contributed by atoms with Gasteiger partial charge < -0.3 is 18.8 Å². The quantitative estimate of drug-likeness (QED) is 0.492. The maximum absolute atomic E-state index is 12.3. The lowest BCUT2D eigenvalue weighted by atomic mass is 10.1. The summed E-state index contributed by atoms with van der Waals surface area (Å²) >= 11 is 0. The zero-order valence-corrected chi connectivity index (χ0v) is 15.7. The van der Waals surface area contributed by atoms with E-state index in [1.807, 2.05) is 24.6 Å². The van der Waals surface area contributed by atoms with E-state index < -0.39 is 5.97 Å². The summed E-state index contributed by atoms with van der Waals surface area (Å²) in [6, 6.07) is 12.3. The number of benzene rings is 2. The number of carbonyl (C=O) groups excluding carboxylic acids is 2. The second-order valence-electron chi connectivity index (χ2n) is 6.13. The van der Waals surface area contributed by atoms with Gasteiger partial charge in [-0.25, -0.2) is 4.79 Å². The molecule has 0 fully saturated rings. The third-order valence-electron chi connectivity index (χ3n) is 4.64. The number of aryl methyl sites for hydroxylation is 1. The molecule has 0 N–H and O–H groups in total. The first-order valence-corrected chi connectivity index (χ1v) is 8.43. The number of hydrogen-bond donors (Lipinski definition) is 0. The molecule has 0 atom stereocenters. The molecular formula is C21H21NO5. The Morgan fingerprint density at radius 2 is 1.67 bits per heavy atom. The summed E-state index contributed by atoms with van der Waals surface area (Å²) < 4.78 is 17.6. The normalized spacial score (nSPS) is 10.7. The van der Waals surface area contributed by atoms with E-state index in [1.54, 1.807) is 43.5 Å². The van der Waals surface area contributed by atoms with E-state index in [0.717, 1.165) is 16.6 Å². The molecule has 1 aromatic heterocycles. The van der Waals surface area contributed by atoms with Crippen molar-refractivity contribution in [2.45, 2.75) is 6.92 Å². The molecule has 27 heavy (non-hydrogen) atoms. The molecule has 0 bridgehead atoms. The Morgan fingerprint density at radius 3 is 2.30 bits per heavy atom. The zero-order chi connectivity index (χ0) is 19.6. The minimum absolute atomic E-state index is 0.1000. The van der Waals surface area contributed by atoms with Gasteiger partial charge in [0.25, 0.3) is 0 Å². The molecule has 0 spiro atoms. The first-order valence-electron chi connectivity index (χ1n) is 8.43. The minimum atomic E-state index is -0.399. The summed E-state index contributed by atoms with van der Waals surface area (Å²) in [4.78, 5) is 24.5. The first kappa shape index (κ1) is 18.5. The molecule has 0 aliphatic carbocycles. The smallest absolute Gasteiger partial charge is 0.340 e. The highest BCUT2D eigenvalue weighted by atomic mass is 16.5. The minimum Gasteiger partial charge on any atom is -0.497 e. The van der Waals surface area contributed by atoms with E-state index in [9.17, 15) is 9.59 Å². The van der Waals surface area contributed by atoms with Crippen molar-refractivity contribution < 1.29 is 23.8 Å². The van der Waals surface area contributed by atoms with E-state index in [1.165, 1.54) is 7.11 Å². The summed E-state index contributed by atoms with van der Waals surface area (Å²) in [5.41, 5.74) is 2.75. The van der Waals surface area contributed by atoms with Crippen LogP contribution in [0.3, 0.4) is 0 Å². The van der Waals surface area contributed by atoms with Crippen LogP contribution in [0, 0.1) is 6.92 Å². The van der Waals surface area contributed by atoms with Gasteiger partial charge in [-0.2, -0.15) is 0 Å². The Labute approximate surface area is 157 Å². The average Bonchev–Trinajstić information content (AvgIpc) is 2.95. The van der Waals surface area contributed by atoms with Gasteiger partial charge in [-0.1, -0.05) is 0 Å². The number of methoxy groups -OCH3 is 2.